The van der Waals surface area contributed by atoms with Crippen molar-refractivity contribution >= 4 is 26.5 Å². The predicted octanol–water partition coefficient (Wildman–Crippen LogP) is 5.91. The Labute approximate surface area is 250 Å². The summed E-state index contributed by atoms with van der Waals surface area (Å²) >= 11 is 1.91. The van der Waals surface area contributed by atoms with Crippen LogP contribution in [0.25, 0.3) is 0 Å². The van der Waals surface area contributed by atoms with Gasteiger partial charge in [0.1, 0.15) is 6.61 Å². The molecule has 0 rings (SSSR count). The molecule has 0 aromatic rings. The molecule has 0 saturated carbocycles. The van der Waals surface area contributed by atoms with Crippen LogP contribution in [0, 0.1) is 0 Å². The molecule has 0 aromatic carbocycles. The molecule has 0 spiro atoms. The van der Waals surface area contributed by atoms with Crippen molar-refractivity contribution in [2.45, 2.75) is 90.0 Å². The fourth-order valence-electron chi connectivity index (χ4n) is 3.94. The summed E-state index contributed by atoms with van der Waals surface area (Å²) in [4.78, 5) is 11.8. The second kappa shape index (κ2) is 31.7. The third-order valence-electron chi connectivity index (χ3n) is 6.37. The summed E-state index contributed by atoms with van der Waals surface area (Å²) in [6.07, 6.45) is 13.7. The molecule has 0 aliphatic rings. The van der Waals surface area contributed by atoms with Crippen molar-refractivity contribution in [1.82, 2.24) is 0 Å². The molecule has 0 saturated heterocycles. The first-order valence-corrected chi connectivity index (χ1v) is 18.4. The maximum absolute atomic E-state index is 11.8. The molecule has 0 amide bonds. The summed E-state index contributed by atoms with van der Waals surface area (Å²) in [5.74, 6) is 2.01. The second-order valence-corrected chi connectivity index (χ2v) is 13.9. The molecule has 0 aliphatic carbocycles. The first-order valence-electron chi connectivity index (χ1n) is 15.3. The Kier molecular flexibility index (Phi) is 31.5. The SMILES string of the molecule is CCCCCCCCCCCC(=O)OCCOCCOCCOCCOCCCSCCC[Si](OC)(OC)OC. The van der Waals surface area contributed by atoms with E-state index in [1.807, 2.05) is 11.8 Å². The zero-order valence-electron chi connectivity index (χ0n) is 26.1. The van der Waals surface area contributed by atoms with Gasteiger partial charge >= 0.3 is 14.8 Å². The Morgan fingerprint density at radius 1 is 0.550 bits per heavy atom. The van der Waals surface area contributed by atoms with Crippen molar-refractivity contribution in [1.29, 1.82) is 0 Å². The zero-order valence-corrected chi connectivity index (χ0v) is 27.9. The van der Waals surface area contributed by atoms with Gasteiger partial charge in [0, 0.05) is 40.4 Å². The number of hydrogen-bond acceptors (Lipinski definition) is 10. The lowest BCUT2D eigenvalue weighted by atomic mass is 10.1. The van der Waals surface area contributed by atoms with Crippen LogP contribution in [0.1, 0.15) is 84.0 Å². The Morgan fingerprint density at radius 3 is 1.52 bits per heavy atom. The van der Waals surface area contributed by atoms with E-state index in [0.717, 1.165) is 49.8 Å². The monoisotopic (exact) mass is 612 g/mol. The number of carbonyl (C=O) groups is 1. The van der Waals surface area contributed by atoms with Gasteiger partial charge < -0.3 is 37.0 Å². The van der Waals surface area contributed by atoms with Crippen LogP contribution in [0.4, 0.5) is 0 Å². The van der Waals surface area contributed by atoms with Gasteiger partial charge in [0.25, 0.3) is 0 Å². The Bertz CT molecular complexity index is 519. The van der Waals surface area contributed by atoms with Crippen molar-refractivity contribution in [3.63, 3.8) is 0 Å². The fourth-order valence-corrected chi connectivity index (χ4v) is 6.79. The average Bonchev–Trinajstić information content (AvgIpc) is 2.97. The molecule has 11 heteroatoms. The topological polar surface area (TPSA) is 90.9 Å². The van der Waals surface area contributed by atoms with Gasteiger partial charge in [0.2, 0.25) is 0 Å². The van der Waals surface area contributed by atoms with Gasteiger partial charge in [-0.3, -0.25) is 4.79 Å². The first kappa shape index (κ1) is 39.8. The van der Waals surface area contributed by atoms with E-state index < -0.39 is 8.80 Å². The highest BCUT2D eigenvalue weighted by Crippen LogP contribution is 2.17. The van der Waals surface area contributed by atoms with E-state index in [1.165, 1.54) is 44.9 Å². The van der Waals surface area contributed by atoms with E-state index in [-0.39, 0.29) is 5.97 Å². The van der Waals surface area contributed by atoms with Crippen LogP contribution < -0.4 is 0 Å². The molecular formula is C29H60O9SSi. The highest BCUT2D eigenvalue weighted by molar-refractivity contribution is 7.99. The van der Waals surface area contributed by atoms with Gasteiger partial charge in [-0.1, -0.05) is 58.3 Å². The molecule has 0 unspecified atom stereocenters. The predicted molar refractivity (Wildman–Crippen MR) is 164 cm³/mol. The summed E-state index contributed by atoms with van der Waals surface area (Å²) in [6.45, 7) is 6.87. The second-order valence-electron chi connectivity index (χ2n) is 9.61. The average molecular weight is 613 g/mol. The maximum atomic E-state index is 11.8. The number of rotatable bonds is 33. The van der Waals surface area contributed by atoms with Gasteiger partial charge in [-0.25, -0.2) is 0 Å². The minimum Gasteiger partial charge on any atom is -0.463 e. The number of hydrogen-bond donors (Lipinski definition) is 0. The lowest BCUT2D eigenvalue weighted by Gasteiger charge is -2.24. The van der Waals surface area contributed by atoms with Crippen LogP contribution in [-0.4, -0.2) is 107 Å². The van der Waals surface area contributed by atoms with Crippen molar-refractivity contribution < 1.29 is 41.8 Å². The molecule has 0 bridgehead atoms. The number of thioether (sulfide) groups is 1. The summed E-state index contributed by atoms with van der Waals surface area (Å²) in [7, 11) is 2.53. The molecular weight excluding hydrogens is 552 g/mol. The molecule has 9 nitrogen and oxygen atoms in total. The maximum Gasteiger partial charge on any atom is 0.500 e. The standard InChI is InChI=1S/C29H60O9SSi/c1-5-6-7-8-9-10-11-12-13-16-29(30)38-25-24-37-23-22-36-21-20-35-19-18-34-17-14-26-39-27-15-28-40(31-2,32-3)33-4/h5-28H2,1-4H3. The van der Waals surface area contributed by atoms with Gasteiger partial charge in [0.15, 0.2) is 0 Å². The van der Waals surface area contributed by atoms with Crippen LogP contribution in [0.3, 0.4) is 0 Å². The lowest BCUT2D eigenvalue weighted by Crippen LogP contribution is -2.42. The number of unbranched alkanes of at least 4 members (excludes halogenated alkanes) is 8. The minimum atomic E-state index is -2.42. The van der Waals surface area contributed by atoms with Crippen molar-refractivity contribution in [2.75, 3.05) is 92.3 Å². The number of carbonyl (C=O) groups excluding carboxylic acids is 1. The Morgan fingerprint density at radius 2 is 1.00 bits per heavy atom. The van der Waals surface area contributed by atoms with E-state index in [9.17, 15) is 4.79 Å². The normalized spacial score (nSPS) is 11.8. The van der Waals surface area contributed by atoms with Gasteiger partial charge in [-0.05, 0) is 30.8 Å². The van der Waals surface area contributed by atoms with Gasteiger partial charge in [-0.2, -0.15) is 11.8 Å². The van der Waals surface area contributed by atoms with Crippen molar-refractivity contribution in [3.8, 4) is 0 Å². The van der Waals surface area contributed by atoms with E-state index in [2.05, 4.69) is 6.92 Å². The summed E-state index contributed by atoms with van der Waals surface area (Å²) in [5.41, 5.74) is 0. The zero-order chi connectivity index (χ0) is 29.4. The number of esters is 1. The highest BCUT2D eigenvalue weighted by Gasteiger charge is 2.36. The molecule has 40 heavy (non-hydrogen) atoms. The third-order valence-corrected chi connectivity index (χ3v) is 10.4. The van der Waals surface area contributed by atoms with Gasteiger partial charge in [0.05, 0.1) is 46.2 Å². The quantitative estimate of drug-likeness (QED) is 0.0506. The van der Waals surface area contributed by atoms with Crippen LogP contribution in [0.15, 0.2) is 0 Å². The molecule has 0 fully saturated rings. The number of ether oxygens (including phenoxy) is 5. The van der Waals surface area contributed by atoms with E-state index in [4.69, 9.17) is 37.0 Å². The molecule has 0 heterocycles. The Hall–Kier alpha value is -0.243. The minimum absolute atomic E-state index is 0.125. The molecule has 0 radical (unpaired) electrons. The Balaban J connectivity index is 3.22. The largest absolute Gasteiger partial charge is 0.500 e. The van der Waals surface area contributed by atoms with Crippen LogP contribution in [0.2, 0.25) is 6.04 Å². The molecule has 0 N–H and O–H groups in total. The molecule has 0 aromatic heterocycles. The smallest absolute Gasteiger partial charge is 0.463 e. The van der Waals surface area contributed by atoms with E-state index in [0.29, 0.717) is 59.3 Å². The van der Waals surface area contributed by atoms with Crippen LogP contribution >= 0.6 is 11.8 Å². The highest BCUT2D eigenvalue weighted by atomic mass is 32.2. The summed E-state index contributed by atoms with van der Waals surface area (Å²) < 4.78 is 43.6. The van der Waals surface area contributed by atoms with Crippen molar-refractivity contribution in [2.24, 2.45) is 0 Å². The van der Waals surface area contributed by atoms with Crippen molar-refractivity contribution in [3.05, 3.63) is 0 Å². The summed E-state index contributed by atoms with van der Waals surface area (Å²) in [6, 6.07) is 0.838. The third kappa shape index (κ3) is 26.6. The van der Waals surface area contributed by atoms with Crippen LogP contribution in [-0.2, 0) is 41.8 Å². The molecule has 0 aliphatic heterocycles. The van der Waals surface area contributed by atoms with E-state index in [1.54, 1.807) is 21.3 Å². The fraction of sp³-hybridized carbons (Fsp3) is 0.966. The lowest BCUT2D eigenvalue weighted by molar-refractivity contribution is -0.145. The molecule has 240 valence electrons. The summed E-state index contributed by atoms with van der Waals surface area (Å²) in [5, 5.41) is 0. The van der Waals surface area contributed by atoms with Crippen LogP contribution in [0.5, 0.6) is 0 Å². The van der Waals surface area contributed by atoms with Gasteiger partial charge in [-0.15, -0.1) is 0 Å². The molecule has 0 atom stereocenters. The first-order chi connectivity index (χ1) is 19.6. The van der Waals surface area contributed by atoms with E-state index >= 15 is 0 Å².